The molecule has 1 fully saturated rings. The molecule has 1 aliphatic rings. The number of carbonyl (C=O) groups is 1. The molecule has 3 rings (SSSR count). The largest absolute Gasteiger partial charge is 0.417 e. The molecule has 1 N–H and O–H groups in total. The second kappa shape index (κ2) is 9.77. The number of rotatable bonds is 4. The summed E-state index contributed by atoms with van der Waals surface area (Å²) in [5.74, 6) is 0.593. The van der Waals surface area contributed by atoms with Crippen LogP contribution in [-0.2, 0) is 5.41 Å². The molecule has 2 aromatic rings. The molecule has 2 aromatic carbocycles. The summed E-state index contributed by atoms with van der Waals surface area (Å²) in [6.45, 7) is 4.45. The van der Waals surface area contributed by atoms with Crippen molar-refractivity contribution in [3.63, 3.8) is 0 Å². The van der Waals surface area contributed by atoms with Crippen LogP contribution in [0.3, 0.4) is 0 Å². The smallest absolute Gasteiger partial charge is 0.410 e. The van der Waals surface area contributed by atoms with Gasteiger partial charge >= 0.3 is 6.09 Å². The molecule has 1 saturated heterocycles. The van der Waals surface area contributed by atoms with E-state index in [1.807, 2.05) is 48.5 Å². The van der Waals surface area contributed by atoms with E-state index >= 15 is 0 Å². The number of anilines is 1. The highest BCUT2D eigenvalue weighted by Crippen LogP contribution is 2.37. The molecule has 1 heterocycles. The van der Waals surface area contributed by atoms with Crippen LogP contribution in [0.4, 0.5) is 10.5 Å². The Morgan fingerprint density at radius 1 is 1.15 bits per heavy atom. The summed E-state index contributed by atoms with van der Waals surface area (Å²) in [6, 6.07) is 17.4. The Hall–Kier alpha value is -2.04. The zero-order valence-electron chi connectivity index (χ0n) is 16.1. The molecule has 1 amide bonds. The Morgan fingerprint density at radius 2 is 1.93 bits per heavy atom. The lowest BCUT2D eigenvalue weighted by atomic mass is 9.74. The lowest BCUT2D eigenvalue weighted by Gasteiger charge is -2.35. The predicted octanol–water partition coefficient (Wildman–Crippen LogP) is 5.48. The van der Waals surface area contributed by atoms with Crippen LogP contribution < -0.4 is 10.1 Å². The maximum atomic E-state index is 12.2. The fourth-order valence-electron chi connectivity index (χ4n) is 3.91. The summed E-state index contributed by atoms with van der Waals surface area (Å²) in [5, 5.41) is 2.76. The second-order valence-electron chi connectivity index (χ2n) is 7.24. The number of benzene rings is 2. The second-order valence-corrected chi connectivity index (χ2v) is 7.24. The van der Waals surface area contributed by atoms with Crippen molar-refractivity contribution in [1.29, 1.82) is 0 Å². The van der Waals surface area contributed by atoms with Crippen LogP contribution >= 0.6 is 12.4 Å². The van der Waals surface area contributed by atoms with Crippen LogP contribution in [0, 0.1) is 0 Å². The highest BCUT2D eigenvalue weighted by molar-refractivity contribution is 5.86. The number of halogens is 1. The fourth-order valence-corrected chi connectivity index (χ4v) is 3.91. The third-order valence-corrected chi connectivity index (χ3v) is 5.37. The van der Waals surface area contributed by atoms with Crippen LogP contribution in [0.1, 0.15) is 38.2 Å². The first-order valence-corrected chi connectivity index (χ1v) is 9.44. The lowest BCUT2D eigenvalue weighted by Crippen LogP contribution is -2.37. The molecule has 0 bridgehead atoms. The van der Waals surface area contributed by atoms with Gasteiger partial charge in [-0.25, -0.2) is 4.79 Å². The van der Waals surface area contributed by atoms with Crippen molar-refractivity contribution in [1.82, 2.24) is 4.90 Å². The van der Waals surface area contributed by atoms with Gasteiger partial charge in [0, 0.05) is 17.6 Å². The van der Waals surface area contributed by atoms with Crippen molar-refractivity contribution in [3.8, 4) is 5.75 Å². The number of amides is 1. The minimum absolute atomic E-state index is 0. The van der Waals surface area contributed by atoms with Gasteiger partial charge in [0.15, 0.2) is 0 Å². The van der Waals surface area contributed by atoms with Gasteiger partial charge < -0.3 is 9.64 Å². The number of hydrogen-bond acceptors (Lipinski definition) is 3. The molecule has 27 heavy (non-hydrogen) atoms. The van der Waals surface area contributed by atoms with Crippen LogP contribution in [-0.4, -0.2) is 31.1 Å². The van der Waals surface area contributed by atoms with E-state index in [-0.39, 0.29) is 17.8 Å². The van der Waals surface area contributed by atoms with Gasteiger partial charge in [0.1, 0.15) is 5.75 Å². The number of likely N-dealkylation sites (N-methyl/N-ethyl adjacent to an activating group) is 1. The van der Waals surface area contributed by atoms with E-state index in [2.05, 4.69) is 30.3 Å². The lowest BCUT2D eigenvalue weighted by molar-refractivity contribution is 0.214. The summed E-state index contributed by atoms with van der Waals surface area (Å²) in [5.41, 5.74) is 2.11. The third kappa shape index (κ3) is 5.47. The van der Waals surface area contributed by atoms with Crippen molar-refractivity contribution < 1.29 is 9.53 Å². The van der Waals surface area contributed by atoms with Gasteiger partial charge in [-0.2, -0.15) is 0 Å². The summed E-state index contributed by atoms with van der Waals surface area (Å²) in [7, 11) is 2.20. The number of carbonyl (C=O) groups excluding carboxylic acids is 1. The molecular weight excluding hydrogens is 360 g/mol. The van der Waals surface area contributed by atoms with E-state index in [1.54, 1.807) is 0 Å². The van der Waals surface area contributed by atoms with Gasteiger partial charge in [-0.15, -0.1) is 12.4 Å². The van der Waals surface area contributed by atoms with Gasteiger partial charge in [-0.3, -0.25) is 5.32 Å². The Kier molecular flexibility index (Phi) is 7.69. The van der Waals surface area contributed by atoms with Crippen LogP contribution in [0.5, 0.6) is 5.75 Å². The number of hydrogen-bond donors (Lipinski definition) is 1. The van der Waals surface area contributed by atoms with Crippen LogP contribution in [0.25, 0.3) is 0 Å². The normalized spacial score (nSPS) is 20.2. The molecule has 5 heteroatoms. The monoisotopic (exact) mass is 388 g/mol. The maximum Gasteiger partial charge on any atom is 0.417 e. The SMILES string of the molecule is CC[C@@]1(c2cccc(OC(=O)Nc3ccccc3)c2)CCCCN(C)C1.Cl. The van der Waals surface area contributed by atoms with E-state index in [9.17, 15) is 4.79 Å². The molecule has 1 aliphatic heterocycles. The van der Waals surface area contributed by atoms with Gasteiger partial charge in [0.05, 0.1) is 0 Å². The summed E-state index contributed by atoms with van der Waals surface area (Å²) in [6.07, 6.45) is 4.27. The average Bonchev–Trinajstić information content (AvgIpc) is 2.85. The highest BCUT2D eigenvalue weighted by Gasteiger charge is 2.33. The highest BCUT2D eigenvalue weighted by atomic mass is 35.5. The van der Waals surface area contributed by atoms with E-state index in [4.69, 9.17) is 4.74 Å². The first kappa shape index (κ1) is 21.3. The zero-order chi connectivity index (χ0) is 18.4. The molecule has 146 valence electrons. The first-order chi connectivity index (χ1) is 12.6. The van der Waals surface area contributed by atoms with Crippen molar-refractivity contribution in [3.05, 3.63) is 60.2 Å². The Labute approximate surface area is 168 Å². The third-order valence-electron chi connectivity index (χ3n) is 5.37. The van der Waals surface area contributed by atoms with Crippen molar-refractivity contribution in [2.24, 2.45) is 0 Å². The number of likely N-dealkylation sites (tertiary alicyclic amines) is 1. The van der Waals surface area contributed by atoms with Crippen molar-refractivity contribution in [2.45, 2.75) is 38.0 Å². The fraction of sp³-hybridized carbons (Fsp3) is 0.409. The molecule has 0 aromatic heterocycles. The van der Waals surface area contributed by atoms with E-state index in [0.717, 1.165) is 25.2 Å². The van der Waals surface area contributed by atoms with E-state index in [1.165, 1.54) is 24.8 Å². The Morgan fingerprint density at radius 3 is 2.67 bits per heavy atom. The zero-order valence-corrected chi connectivity index (χ0v) is 16.9. The maximum absolute atomic E-state index is 12.2. The number of nitrogens with one attached hydrogen (secondary N) is 1. The molecule has 0 saturated carbocycles. The quantitative estimate of drug-likeness (QED) is 0.753. The Bertz CT molecular complexity index is 738. The van der Waals surface area contributed by atoms with Gasteiger partial charge in [0.2, 0.25) is 0 Å². The summed E-state index contributed by atoms with van der Waals surface area (Å²) in [4.78, 5) is 14.6. The summed E-state index contributed by atoms with van der Waals surface area (Å²) >= 11 is 0. The standard InChI is InChI=1S/C22H28N2O2.ClH/c1-3-22(14-7-8-15-24(2)17-22)18-10-9-13-20(16-18)26-21(25)23-19-11-5-4-6-12-19;/h4-6,9-13,16H,3,7-8,14-15,17H2,1-2H3,(H,23,25);1H/t22-;/m1./s1. The topological polar surface area (TPSA) is 41.6 Å². The molecule has 0 unspecified atom stereocenters. The average molecular weight is 389 g/mol. The molecule has 0 radical (unpaired) electrons. The minimum Gasteiger partial charge on any atom is -0.410 e. The summed E-state index contributed by atoms with van der Waals surface area (Å²) < 4.78 is 5.53. The van der Waals surface area contributed by atoms with Crippen molar-refractivity contribution in [2.75, 3.05) is 25.5 Å². The number of nitrogens with zero attached hydrogens (tertiary/aromatic N) is 1. The van der Waals surface area contributed by atoms with E-state index in [0.29, 0.717) is 5.75 Å². The van der Waals surface area contributed by atoms with Crippen molar-refractivity contribution >= 4 is 24.2 Å². The molecule has 0 spiro atoms. The predicted molar refractivity (Wildman–Crippen MR) is 113 cm³/mol. The molecular formula is C22H29ClN2O2. The minimum atomic E-state index is -0.461. The number of para-hydroxylation sites is 1. The molecule has 1 atom stereocenters. The van der Waals surface area contributed by atoms with Gasteiger partial charge in [0.25, 0.3) is 0 Å². The van der Waals surface area contributed by atoms with Crippen LogP contribution in [0.2, 0.25) is 0 Å². The van der Waals surface area contributed by atoms with Gasteiger partial charge in [-0.05, 0) is 62.7 Å². The Balaban J connectivity index is 0.00000261. The molecule has 0 aliphatic carbocycles. The molecule has 4 nitrogen and oxygen atoms in total. The number of ether oxygens (including phenoxy) is 1. The van der Waals surface area contributed by atoms with Crippen LogP contribution in [0.15, 0.2) is 54.6 Å². The van der Waals surface area contributed by atoms with E-state index < -0.39 is 6.09 Å². The first-order valence-electron chi connectivity index (χ1n) is 9.44. The van der Waals surface area contributed by atoms with Gasteiger partial charge in [-0.1, -0.05) is 43.7 Å².